The molecule has 8 nitrogen and oxygen atoms in total. The molecule has 0 aliphatic carbocycles. The van der Waals surface area contributed by atoms with Gasteiger partial charge in [0.05, 0.1) is 12.1 Å². The maximum Gasteiger partial charge on any atom is 0.338 e. The van der Waals surface area contributed by atoms with Gasteiger partial charge in [0.1, 0.15) is 13.2 Å². The molecule has 5 rings (SSSR count). The van der Waals surface area contributed by atoms with Gasteiger partial charge in [-0.2, -0.15) is 0 Å². The lowest BCUT2D eigenvalue weighted by atomic mass is 10.2. The van der Waals surface area contributed by atoms with Crippen molar-refractivity contribution in [3.05, 3.63) is 64.4 Å². The molecule has 1 amide bonds. The van der Waals surface area contributed by atoms with E-state index in [0.717, 1.165) is 4.88 Å². The van der Waals surface area contributed by atoms with Gasteiger partial charge in [-0.1, -0.05) is 6.07 Å². The summed E-state index contributed by atoms with van der Waals surface area (Å²) in [5, 5.41) is 1.95. The molecule has 0 radical (unpaired) electrons. The van der Waals surface area contributed by atoms with Crippen molar-refractivity contribution in [3.63, 3.8) is 0 Å². The van der Waals surface area contributed by atoms with Crippen LogP contribution in [-0.4, -0.2) is 38.5 Å². The summed E-state index contributed by atoms with van der Waals surface area (Å²) < 4.78 is 27.1. The van der Waals surface area contributed by atoms with E-state index < -0.39 is 12.6 Å². The minimum atomic E-state index is -0.616. The van der Waals surface area contributed by atoms with Crippen LogP contribution in [-0.2, 0) is 16.1 Å². The van der Waals surface area contributed by atoms with Gasteiger partial charge < -0.3 is 28.6 Å². The Balaban J connectivity index is 1.32. The van der Waals surface area contributed by atoms with Crippen LogP contribution in [0, 0.1) is 0 Å². The van der Waals surface area contributed by atoms with Gasteiger partial charge in [-0.3, -0.25) is 4.79 Å². The van der Waals surface area contributed by atoms with Gasteiger partial charge in [0.2, 0.25) is 6.79 Å². The highest BCUT2D eigenvalue weighted by atomic mass is 32.1. The summed E-state index contributed by atoms with van der Waals surface area (Å²) in [5.41, 5.74) is 0.915. The molecule has 0 spiro atoms. The van der Waals surface area contributed by atoms with E-state index in [1.807, 2.05) is 17.5 Å². The molecule has 0 fully saturated rings. The Morgan fingerprint density at radius 2 is 1.66 bits per heavy atom. The van der Waals surface area contributed by atoms with Crippen molar-refractivity contribution in [2.24, 2.45) is 0 Å². The molecule has 0 unspecified atom stereocenters. The van der Waals surface area contributed by atoms with E-state index >= 15 is 0 Å². The summed E-state index contributed by atoms with van der Waals surface area (Å²) in [6, 6.07) is 14.0. The van der Waals surface area contributed by atoms with Crippen LogP contribution in [0.5, 0.6) is 23.0 Å². The normalized spacial score (nSPS) is 13.5. The largest absolute Gasteiger partial charge is 0.486 e. The van der Waals surface area contributed by atoms with Crippen LogP contribution < -0.4 is 23.8 Å². The number of carbonyl (C=O) groups excluding carboxylic acids is 2. The zero-order chi connectivity index (χ0) is 21.9. The van der Waals surface area contributed by atoms with Gasteiger partial charge in [-0.15, -0.1) is 11.3 Å². The van der Waals surface area contributed by atoms with E-state index in [2.05, 4.69) is 0 Å². The topological polar surface area (TPSA) is 83.5 Å². The Kier molecular flexibility index (Phi) is 5.55. The first-order chi connectivity index (χ1) is 15.7. The van der Waals surface area contributed by atoms with Crippen molar-refractivity contribution in [1.82, 2.24) is 0 Å². The van der Waals surface area contributed by atoms with Crippen LogP contribution in [0.1, 0.15) is 15.2 Å². The number of hydrogen-bond donors (Lipinski definition) is 0. The number of carbonyl (C=O) groups is 2. The van der Waals surface area contributed by atoms with E-state index in [4.69, 9.17) is 23.7 Å². The van der Waals surface area contributed by atoms with E-state index in [1.165, 1.54) is 0 Å². The third-order valence-electron chi connectivity index (χ3n) is 4.97. The minimum Gasteiger partial charge on any atom is -0.486 e. The first-order valence-corrected chi connectivity index (χ1v) is 10.8. The Bertz CT molecular complexity index is 1150. The Hall–Kier alpha value is -3.72. The van der Waals surface area contributed by atoms with Crippen molar-refractivity contribution in [1.29, 1.82) is 0 Å². The van der Waals surface area contributed by atoms with Crippen LogP contribution in [0.4, 0.5) is 5.69 Å². The van der Waals surface area contributed by atoms with Gasteiger partial charge in [-0.05, 0) is 41.8 Å². The molecular weight excluding hydrogens is 434 g/mol. The van der Waals surface area contributed by atoms with Crippen LogP contribution >= 0.6 is 11.3 Å². The quantitative estimate of drug-likeness (QED) is 0.527. The number of benzene rings is 2. The second kappa shape index (κ2) is 8.80. The lowest BCUT2D eigenvalue weighted by Gasteiger charge is -2.25. The first-order valence-electron chi connectivity index (χ1n) is 9.96. The number of thiophene rings is 1. The van der Waals surface area contributed by atoms with Crippen molar-refractivity contribution < 1.29 is 33.3 Å². The molecule has 0 N–H and O–H groups in total. The maximum atomic E-state index is 13.1. The highest BCUT2D eigenvalue weighted by molar-refractivity contribution is 7.09. The standard InChI is InChI=1S/C23H19NO7S/c25-22(13-29-23(26)15-3-5-19-20(10-15)31-14-30-19)24(12-17-2-1-9-32-17)16-4-6-18-21(11-16)28-8-7-27-18/h1-6,9-11H,7-8,12-14H2. The van der Waals surface area contributed by atoms with E-state index in [9.17, 15) is 9.59 Å². The Morgan fingerprint density at radius 3 is 2.50 bits per heavy atom. The molecule has 3 heterocycles. The number of hydrogen-bond acceptors (Lipinski definition) is 8. The third-order valence-corrected chi connectivity index (χ3v) is 5.83. The van der Waals surface area contributed by atoms with E-state index in [-0.39, 0.29) is 18.3 Å². The predicted molar refractivity (Wildman–Crippen MR) is 116 cm³/mol. The Morgan fingerprint density at radius 1 is 0.906 bits per heavy atom. The lowest BCUT2D eigenvalue weighted by Crippen LogP contribution is -2.34. The average molecular weight is 453 g/mol. The van der Waals surface area contributed by atoms with Crippen molar-refractivity contribution in [2.75, 3.05) is 31.5 Å². The molecule has 2 aliphatic rings. The summed E-state index contributed by atoms with van der Waals surface area (Å²) in [4.78, 5) is 28.2. The van der Waals surface area contributed by atoms with Gasteiger partial charge in [-0.25, -0.2) is 4.79 Å². The molecule has 9 heteroatoms. The molecule has 2 aromatic carbocycles. The summed E-state index contributed by atoms with van der Waals surface area (Å²) >= 11 is 1.54. The van der Waals surface area contributed by atoms with Gasteiger partial charge in [0, 0.05) is 16.6 Å². The highest BCUT2D eigenvalue weighted by Crippen LogP contribution is 2.35. The molecule has 3 aromatic rings. The molecule has 0 bridgehead atoms. The van der Waals surface area contributed by atoms with Crippen LogP contribution in [0.15, 0.2) is 53.9 Å². The molecule has 1 aromatic heterocycles. The molecule has 0 saturated carbocycles. The molecule has 2 aliphatic heterocycles. The summed E-state index contributed by atoms with van der Waals surface area (Å²) in [6.07, 6.45) is 0. The number of ether oxygens (including phenoxy) is 5. The number of nitrogens with zero attached hydrogens (tertiary/aromatic N) is 1. The number of fused-ring (bicyclic) bond motifs is 2. The SMILES string of the molecule is O=C(OCC(=O)N(Cc1cccs1)c1ccc2c(c1)OCCO2)c1ccc2c(c1)OCO2. The maximum absolute atomic E-state index is 13.1. The van der Waals surface area contributed by atoms with Crippen molar-refractivity contribution in [2.45, 2.75) is 6.54 Å². The number of amides is 1. The monoisotopic (exact) mass is 453 g/mol. The third kappa shape index (κ3) is 4.19. The van der Waals surface area contributed by atoms with Crippen LogP contribution in [0.3, 0.4) is 0 Å². The van der Waals surface area contributed by atoms with E-state index in [1.54, 1.807) is 52.6 Å². The van der Waals surface area contributed by atoms with Gasteiger partial charge in [0.15, 0.2) is 29.6 Å². The number of anilines is 1. The zero-order valence-corrected chi connectivity index (χ0v) is 17.8. The summed E-state index contributed by atoms with van der Waals surface area (Å²) in [7, 11) is 0. The molecular formula is C23H19NO7S. The molecule has 0 atom stereocenters. The second-order valence-electron chi connectivity index (χ2n) is 7.03. The lowest BCUT2D eigenvalue weighted by molar-refractivity contribution is -0.121. The smallest absolute Gasteiger partial charge is 0.338 e. The first kappa shape index (κ1) is 20.2. The molecule has 0 saturated heterocycles. The molecule has 164 valence electrons. The fraction of sp³-hybridized carbons (Fsp3) is 0.217. The van der Waals surface area contributed by atoms with Crippen LogP contribution in [0.2, 0.25) is 0 Å². The second-order valence-corrected chi connectivity index (χ2v) is 8.06. The fourth-order valence-corrected chi connectivity index (χ4v) is 4.09. The van der Waals surface area contributed by atoms with E-state index in [0.29, 0.717) is 48.4 Å². The summed E-state index contributed by atoms with van der Waals surface area (Å²) in [6.45, 7) is 0.979. The average Bonchev–Trinajstić information content (AvgIpc) is 3.52. The predicted octanol–water partition coefficient (Wildman–Crippen LogP) is 3.64. The zero-order valence-electron chi connectivity index (χ0n) is 16.9. The Labute approximate surface area is 187 Å². The highest BCUT2D eigenvalue weighted by Gasteiger charge is 2.23. The van der Waals surface area contributed by atoms with Crippen LogP contribution in [0.25, 0.3) is 0 Å². The van der Waals surface area contributed by atoms with Gasteiger partial charge in [0.25, 0.3) is 5.91 Å². The number of esters is 1. The fourth-order valence-electron chi connectivity index (χ4n) is 3.39. The van der Waals surface area contributed by atoms with Crippen molar-refractivity contribution >= 4 is 28.9 Å². The minimum absolute atomic E-state index is 0.111. The molecule has 32 heavy (non-hydrogen) atoms. The summed E-state index contributed by atoms with van der Waals surface area (Å²) in [5.74, 6) is 1.28. The number of rotatable bonds is 6. The van der Waals surface area contributed by atoms with Gasteiger partial charge >= 0.3 is 5.97 Å². The van der Waals surface area contributed by atoms with Crippen molar-refractivity contribution in [3.8, 4) is 23.0 Å².